The monoisotopic (exact) mass is 237 g/mol. The summed E-state index contributed by atoms with van der Waals surface area (Å²) in [6, 6.07) is 6.12. The van der Waals surface area contributed by atoms with Gasteiger partial charge in [0.2, 0.25) is 5.91 Å². The summed E-state index contributed by atoms with van der Waals surface area (Å²) in [5.74, 6) is -0.604. The van der Waals surface area contributed by atoms with Crippen LogP contribution in [0.4, 0.5) is 4.39 Å². The Kier molecular flexibility index (Phi) is 4.67. The fourth-order valence-corrected chi connectivity index (χ4v) is 2.42. The van der Waals surface area contributed by atoms with Crippen molar-refractivity contribution in [3.8, 4) is 0 Å². The van der Waals surface area contributed by atoms with E-state index < -0.39 is 5.41 Å². The zero-order chi connectivity index (χ0) is 12.9. The van der Waals surface area contributed by atoms with Gasteiger partial charge in [0.05, 0.1) is 5.41 Å². The fraction of sp³-hybridized carbons (Fsp3) is 0.500. The van der Waals surface area contributed by atoms with Crippen molar-refractivity contribution in [1.29, 1.82) is 0 Å². The fourth-order valence-electron chi connectivity index (χ4n) is 2.42. The third-order valence-electron chi connectivity index (χ3n) is 3.22. The highest BCUT2D eigenvalue weighted by atomic mass is 19.1. The SMILES string of the molecule is CCCC(CCC)(C(N)=O)c1ccc(F)cc1. The summed E-state index contributed by atoms with van der Waals surface area (Å²) in [7, 11) is 0. The zero-order valence-corrected chi connectivity index (χ0v) is 10.5. The lowest BCUT2D eigenvalue weighted by molar-refractivity contribution is -0.124. The van der Waals surface area contributed by atoms with Gasteiger partial charge in [-0.3, -0.25) is 4.79 Å². The standard InChI is InChI=1S/C14H20FNO/c1-3-9-14(10-4-2,13(16)17)11-5-7-12(15)8-6-11/h5-8H,3-4,9-10H2,1-2H3,(H2,16,17). The molecule has 0 aromatic heterocycles. The van der Waals surface area contributed by atoms with Crippen LogP contribution in [0.1, 0.15) is 45.1 Å². The first kappa shape index (κ1) is 13.7. The van der Waals surface area contributed by atoms with E-state index in [1.165, 1.54) is 12.1 Å². The van der Waals surface area contributed by atoms with E-state index in [4.69, 9.17) is 5.73 Å². The van der Waals surface area contributed by atoms with Crippen molar-refractivity contribution >= 4 is 5.91 Å². The van der Waals surface area contributed by atoms with Gasteiger partial charge < -0.3 is 5.73 Å². The Labute approximate surface area is 102 Å². The van der Waals surface area contributed by atoms with Gasteiger partial charge in [-0.2, -0.15) is 0 Å². The first-order chi connectivity index (χ1) is 8.06. The Morgan fingerprint density at radius 1 is 1.18 bits per heavy atom. The molecule has 17 heavy (non-hydrogen) atoms. The first-order valence-electron chi connectivity index (χ1n) is 6.12. The molecule has 1 amide bonds. The summed E-state index contributed by atoms with van der Waals surface area (Å²) in [5.41, 5.74) is 5.77. The molecule has 0 radical (unpaired) electrons. The first-order valence-corrected chi connectivity index (χ1v) is 6.12. The van der Waals surface area contributed by atoms with Crippen molar-refractivity contribution in [2.24, 2.45) is 5.73 Å². The number of nitrogens with two attached hydrogens (primary N) is 1. The molecular formula is C14H20FNO. The molecule has 0 saturated carbocycles. The molecule has 3 heteroatoms. The van der Waals surface area contributed by atoms with Gasteiger partial charge in [0.1, 0.15) is 5.82 Å². The minimum atomic E-state index is -0.642. The van der Waals surface area contributed by atoms with Crippen molar-refractivity contribution in [3.05, 3.63) is 35.6 Å². The van der Waals surface area contributed by atoms with E-state index in [1.54, 1.807) is 12.1 Å². The van der Waals surface area contributed by atoms with E-state index in [-0.39, 0.29) is 11.7 Å². The molecule has 1 aromatic rings. The largest absolute Gasteiger partial charge is 0.369 e. The summed E-state index contributed by atoms with van der Waals surface area (Å²) in [6.45, 7) is 4.05. The molecule has 0 heterocycles. The van der Waals surface area contributed by atoms with Crippen molar-refractivity contribution in [2.75, 3.05) is 0 Å². The molecule has 0 aliphatic carbocycles. The van der Waals surface area contributed by atoms with Crippen LogP contribution in [0.25, 0.3) is 0 Å². The smallest absolute Gasteiger partial charge is 0.228 e. The second kappa shape index (κ2) is 5.80. The summed E-state index contributed by atoms with van der Waals surface area (Å²) in [4.78, 5) is 11.8. The maximum atomic E-state index is 12.9. The Morgan fingerprint density at radius 2 is 1.65 bits per heavy atom. The van der Waals surface area contributed by atoms with Crippen LogP contribution in [-0.4, -0.2) is 5.91 Å². The Morgan fingerprint density at radius 3 is 2.00 bits per heavy atom. The van der Waals surface area contributed by atoms with Crippen LogP contribution < -0.4 is 5.73 Å². The Balaban J connectivity index is 3.19. The summed E-state index contributed by atoms with van der Waals surface area (Å²) in [5, 5.41) is 0. The van der Waals surface area contributed by atoms with Crippen LogP contribution in [-0.2, 0) is 10.2 Å². The number of carbonyl (C=O) groups excluding carboxylic acids is 1. The van der Waals surface area contributed by atoms with Crippen LogP contribution in [0.15, 0.2) is 24.3 Å². The lowest BCUT2D eigenvalue weighted by Crippen LogP contribution is -2.41. The molecular weight excluding hydrogens is 217 g/mol. The number of halogens is 1. The number of benzene rings is 1. The predicted octanol–water partition coefficient (Wildman–Crippen LogP) is 3.15. The number of rotatable bonds is 6. The molecule has 0 bridgehead atoms. The van der Waals surface area contributed by atoms with E-state index in [0.29, 0.717) is 12.8 Å². The van der Waals surface area contributed by atoms with Crippen molar-refractivity contribution in [2.45, 2.75) is 44.9 Å². The summed E-state index contributed by atoms with van der Waals surface area (Å²) < 4.78 is 12.9. The average molecular weight is 237 g/mol. The lowest BCUT2D eigenvalue weighted by Gasteiger charge is -2.30. The minimum absolute atomic E-state index is 0.292. The molecule has 0 fully saturated rings. The molecule has 1 rings (SSSR count). The second-order valence-electron chi connectivity index (χ2n) is 4.45. The van der Waals surface area contributed by atoms with Gasteiger partial charge >= 0.3 is 0 Å². The molecule has 2 N–H and O–H groups in total. The van der Waals surface area contributed by atoms with Gasteiger partial charge in [0.25, 0.3) is 0 Å². The van der Waals surface area contributed by atoms with Crippen molar-refractivity contribution < 1.29 is 9.18 Å². The molecule has 2 nitrogen and oxygen atoms in total. The van der Waals surface area contributed by atoms with Crippen molar-refractivity contribution in [1.82, 2.24) is 0 Å². The maximum absolute atomic E-state index is 12.9. The van der Waals surface area contributed by atoms with Gasteiger partial charge in [-0.15, -0.1) is 0 Å². The number of hydrogen-bond acceptors (Lipinski definition) is 1. The van der Waals surface area contributed by atoms with Crippen LogP contribution in [0.3, 0.4) is 0 Å². The van der Waals surface area contributed by atoms with Gasteiger partial charge in [-0.25, -0.2) is 4.39 Å². The molecule has 0 aliphatic rings. The minimum Gasteiger partial charge on any atom is -0.369 e. The van der Waals surface area contributed by atoms with E-state index in [9.17, 15) is 9.18 Å². The number of amides is 1. The number of primary amides is 1. The molecule has 0 aliphatic heterocycles. The van der Waals surface area contributed by atoms with Gasteiger partial charge in [-0.1, -0.05) is 38.8 Å². The maximum Gasteiger partial charge on any atom is 0.228 e. The molecule has 0 saturated heterocycles. The zero-order valence-electron chi connectivity index (χ0n) is 10.5. The van der Waals surface area contributed by atoms with Gasteiger partial charge in [0, 0.05) is 0 Å². The highest BCUT2D eigenvalue weighted by molar-refractivity contribution is 5.86. The molecule has 0 spiro atoms. The molecule has 1 aromatic carbocycles. The van der Waals surface area contributed by atoms with E-state index in [0.717, 1.165) is 18.4 Å². The van der Waals surface area contributed by atoms with Crippen LogP contribution in [0.2, 0.25) is 0 Å². The summed E-state index contributed by atoms with van der Waals surface area (Å²) in [6.07, 6.45) is 3.17. The van der Waals surface area contributed by atoms with E-state index in [2.05, 4.69) is 0 Å². The third-order valence-corrected chi connectivity index (χ3v) is 3.22. The number of carbonyl (C=O) groups is 1. The Bertz CT molecular complexity index is 366. The van der Waals surface area contributed by atoms with Gasteiger partial charge in [0.15, 0.2) is 0 Å². The third kappa shape index (κ3) is 2.84. The van der Waals surface area contributed by atoms with Crippen LogP contribution in [0, 0.1) is 5.82 Å². The van der Waals surface area contributed by atoms with Crippen LogP contribution >= 0.6 is 0 Å². The lowest BCUT2D eigenvalue weighted by atomic mass is 9.73. The average Bonchev–Trinajstić information content (AvgIpc) is 2.29. The topological polar surface area (TPSA) is 43.1 Å². The second-order valence-corrected chi connectivity index (χ2v) is 4.45. The van der Waals surface area contributed by atoms with E-state index >= 15 is 0 Å². The normalized spacial score (nSPS) is 11.5. The van der Waals surface area contributed by atoms with Crippen LogP contribution in [0.5, 0.6) is 0 Å². The Hall–Kier alpha value is -1.38. The highest BCUT2D eigenvalue weighted by Gasteiger charge is 2.36. The highest BCUT2D eigenvalue weighted by Crippen LogP contribution is 2.34. The quantitative estimate of drug-likeness (QED) is 0.811. The van der Waals surface area contributed by atoms with E-state index in [1.807, 2.05) is 13.8 Å². The summed E-state index contributed by atoms with van der Waals surface area (Å²) >= 11 is 0. The molecule has 0 atom stereocenters. The van der Waals surface area contributed by atoms with Crippen molar-refractivity contribution in [3.63, 3.8) is 0 Å². The molecule has 94 valence electrons. The van der Waals surface area contributed by atoms with Gasteiger partial charge in [-0.05, 0) is 30.5 Å². The number of hydrogen-bond donors (Lipinski definition) is 1. The predicted molar refractivity (Wildman–Crippen MR) is 67.1 cm³/mol. The molecule has 0 unspecified atom stereocenters.